The van der Waals surface area contributed by atoms with E-state index in [1.165, 1.54) is 0 Å². The molecule has 2 heterocycles. The molecule has 1 fully saturated rings. The molecule has 0 amide bonds. The van der Waals surface area contributed by atoms with Crippen molar-refractivity contribution >= 4 is 17.1 Å². The van der Waals surface area contributed by atoms with E-state index in [-0.39, 0.29) is 6.04 Å². The predicted molar refractivity (Wildman–Crippen MR) is 58.5 cm³/mol. The van der Waals surface area contributed by atoms with Crippen LogP contribution >= 0.6 is 11.3 Å². The van der Waals surface area contributed by atoms with Gasteiger partial charge in [0.05, 0.1) is 6.07 Å². The van der Waals surface area contributed by atoms with Crippen molar-refractivity contribution < 1.29 is 4.79 Å². The van der Waals surface area contributed by atoms with Gasteiger partial charge in [0.15, 0.2) is 0 Å². The molecule has 3 nitrogen and oxygen atoms in total. The number of hydrogen-bond acceptors (Lipinski definition) is 4. The molecule has 1 aliphatic heterocycles. The number of nitrogens with zero attached hydrogens (tertiary/aromatic N) is 2. The molecule has 1 aliphatic rings. The van der Waals surface area contributed by atoms with Gasteiger partial charge >= 0.3 is 0 Å². The summed E-state index contributed by atoms with van der Waals surface area (Å²) < 4.78 is 0. The van der Waals surface area contributed by atoms with Crippen LogP contribution in [0.25, 0.3) is 0 Å². The molecule has 0 spiro atoms. The van der Waals surface area contributed by atoms with Gasteiger partial charge in [-0.25, -0.2) is 0 Å². The summed E-state index contributed by atoms with van der Waals surface area (Å²) in [5.74, 6) is 0.314. The summed E-state index contributed by atoms with van der Waals surface area (Å²) in [6.45, 7) is 1.43. The third-order valence-corrected chi connectivity index (χ3v) is 3.58. The van der Waals surface area contributed by atoms with Crippen LogP contribution in [0, 0.1) is 11.3 Å². The van der Waals surface area contributed by atoms with Crippen LogP contribution in [0.1, 0.15) is 23.8 Å². The van der Waals surface area contributed by atoms with Crippen LogP contribution in [0.4, 0.5) is 0 Å². The van der Waals surface area contributed by atoms with Crippen LogP contribution in [0.5, 0.6) is 0 Å². The molecule has 2 rings (SSSR count). The van der Waals surface area contributed by atoms with Crippen LogP contribution in [0.15, 0.2) is 17.5 Å². The van der Waals surface area contributed by atoms with Gasteiger partial charge < -0.3 is 0 Å². The molecule has 0 saturated carbocycles. The predicted octanol–water partition coefficient (Wildman–Crippen LogP) is 1.98. The highest BCUT2D eigenvalue weighted by molar-refractivity contribution is 7.10. The molecule has 0 bridgehead atoms. The third-order valence-electron chi connectivity index (χ3n) is 2.66. The zero-order chi connectivity index (χ0) is 10.7. The zero-order valence-corrected chi connectivity index (χ0v) is 9.17. The Balaban J connectivity index is 2.08. The largest absolute Gasteiger partial charge is 0.300 e. The molecule has 1 aromatic rings. The van der Waals surface area contributed by atoms with Crippen LogP contribution in [-0.4, -0.2) is 23.8 Å². The number of carbonyl (C=O) groups is 1. The fourth-order valence-corrected chi connectivity index (χ4v) is 2.61. The molecule has 4 heteroatoms. The van der Waals surface area contributed by atoms with Gasteiger partial charge in [-0.05, 0) is 11.4 Å². The van der Waals surface area contributed by atoms with E-state index in [0.717, 1.165) is 18.0 Å². The molecule has 0 aromatic carbocycles. The molecule has 0 N–H and O–H groups in total. The maximum atomic E-state index is 11.1. The zero-order valence-electron chi connectivity index (χ0n) is 8.35. The highest BCUT2D eigenvalue weighted by Gasteiger charge is 2.25. The first-order chi connectivity index (χ1) is 7.31. The van der Waals surface area contributed by atoms with Gasteiger partial charge in [0.1, 0.15) is 11.8 Å². The Labute approximate surface area is 92.9 Å². The summed E-state index contributed by atoms with van der Waals surface area (Å²) in [7, 11) is 0. The summed E-state index contributed by atoms with van der Waals surface area (Å²) in [6, 6.07) is 6.08. The Morgan fingerprint density at radius 2 is 2.20 bits per heavy atom. The fraction of sp³-hybridized carbons (Fsp3) is 0.455. The number of ketones is 1. The normalized spacial score (nSPS) is 19.8. The SMILES string of the molecule is N#CC(c1cccs1)N1CCC(=O)CC1. The van der Waals surface area contributed by atoms with E-state index in [1.54, 1.807) is 11.3 Å². The Hall–Kier alpha value is -1.18. The van der Waals surface area contributed by atoms with Crippen molar-refractivity contribution in [3.8, 4) is 6.07 Å². The van der Waals surface area contributed by atoms with Crippen molar-refractivity contribution in [2.24, 2.45) is 0 Å². The van der Waals surface area contributed by atoms with Crippen molar-refractivity contribution in [2.75, 3.05) is 13.1 Å². The molecule has 0 aliphatic carbocycles. The van der Waals surface area contributed by atoms with Crippen molar-refractivity contribution in [3.63, 3.8) is 0 Å². The van der Waals surface area contributed by atoms with Crippen molar-refractivity contribution in [1.82, 2.24) is 4.90 Å². The molecular weight excluding hydrogens is 208 g/mol. The number of nitriles is 1. The van der Waals surface area contributed by atoms with Gasteiger partial charge in [-0.3, -0.25) is 9.69 Å². The van der Waals surface area contributed by atoms with E-state index in [9.17, 15) is 4.79 Å². The smallest absolute Gasteiger partial charge is 0.135 e. The van der Waals surface area contributed by atoms with E-state index in [1.807, 2.05) is 17.5 Å². The maximum absolute atomic E-state index is 11.1. The second-order valence-electron chi connectivity index (χ2n) is 3.62. The van der Waals surface area contributed by atoms with E-state index < -0.39 is 0 Å². The topological polar surface area (TPSA) is 44.1 Å². The van der Waals surface area contributed by atoms with Gasteiger partial charge in [-0.1, -0.05) is 6.07 Å². The first-order valence-corrected chi connectivity index (χ1v) is 5.88. The first-order valence-electron chi connectivity index (χ1n) is 5.00. The van der Waals surface area contributed by atoms with E-state index >= 15 is 0 Å². The monoisotopic (exact) mass is 220 g/mol. The summed E-state index contributed by atoms with van der Waals surface area (Å²) in [5.41, 5.74) is 0. The molecule has 1 saturated heterocycles. The Kier molecular flexibility index (Phi) is 3.14. The highest BCUT2D eigenvalue weighted by atomic mass is 32.1. The Morgan fingerprint density at radius 3 is 2.73 bits per heavy atom. The third kappa shape index (κ3) is 2.25. The summed E-state index contributed by atoms with van der Waals surface area (Å²) >= 11 is 1.60. The van der Waals surface area contributed by atoms with E-state index in [0.29, 0.717) is 18.6 Å². The summed E-state index contributed by atoms with van der Waals surface area (Å²) in [5, 5.41) is 11.1. The van der Waals surface area contributed by atoms with Gasteiger partial charge in [0, 0.05) is 30.8 Å². The molecule has 78 valence electrons. The second kappa shape index (κ2) is 4.56. The van der Waals surface area contributed by atoms with Gasteiger partial charge in [0.25, 0.3) is 0 Å². The average molecular weight is 220 g/mol. The number of hydrogen-bond donors (Lipinski definition) is 0. The number of rotatable bonds is 2. The maximum Gasteiger partial charge on any atom is 0.135 e. The van der Waals surface area contributed by atoms with Crippen LogP contribution in [-0.2, 0) is 4.79 Å². The Morgan fingerprint density at radius 1 is 1.47 bits per heavy atom. The summed E-state index contributed by atoms with van der Waals surface area (Å²) in [4.78, 5) is 14.3. The van der Waals surface area contributed by atoms with Gasteiger partial charge in [-0.2, -0.15) is 5.26 Å². The molecule has 1 aromatic heterocycles. The van der Waals surface area contributed by atoms with Gasteiger partial charge in [-0.15, -0.1) is 11.3 Å². The number of thiophene rings is 1. The van der Waals surface area contributed by atoms with Crippen LogP contribution in [0.3, 0.4) is 0 Å². The highest BCUT2D eigenvalue weighted by Crippen LogP contribution is 2.26. The number of likely N-dealkylation sites (tertiary alicyclic amines) is 1. The van der Waals surface area contributed by atoms with Crippen LogP contribution < -0.4 is 0 Å². The molecule has 1 unspecified atom stereocenters. The Bertz CT molecular complexity index is 370. The van der Waals surface area contributed by atoms with Gasteiger partial charge in [0.2, 0.25) is 0 Å². The van der Waals surface area contributed by atoms with Crippen LogP contribution in [0.2, 0.25) is 0 Å². The molecule has 1 atom stereocenters. The first kappa shape index (κ1) is 10.3. The lowest BCUT2D eigenvalue weighted by Crippen LogP contribution is -2.36. The minimum Gasteiger partial charge on any atom is -0.300 e. The molecule has 15 heavy (non-hydrogen) atoms. The fourth-order valence-electron chi connectivity index (χ4n) is 1.80. The lowest BCUT2D eigenvalue weighted by Gasteiger charge is -2.29. The molecular formula is C11H12N2OS. The molecule has 0 radical (unpaired) electrons. The van der Waals surface area contributed by atoms with E-state index in [4.69, 9.17) is 5.26 Å². The second-order valence-corrected chi connectivity index (χ2v) is 4.60. The summed E-state index contributed by atoms with van der Waals surface area (Å²) in [6.07, 6.45) is 1.17. The van der Waals surface area contributed by atoms with Crippen molar-refractivity contribution in [1.29, 1.82) is 5.26 Å². The number of piperidine rings is 1. The van der Waals surface area contributed by atoms with E-state index in [2.05, 4.69) is 11.0 Å². The number of Topliss-reactive ketones (excluding diaryl/α,β-unsaturated/α-hetero) is 1. The lowest BCUT2D eigenvalue weighted by atomic mass is 10.1. The minimum atomic E-state index is -0.168. The number of carbonyl (C=O) groups excluding carboxylic acids is 1. The standard InChI is InChI=1S/C11H12N2OS/c12-8-10(11-2-1-7-15-11)13-5-3-9(14)4-6-13/h1-2,7,10H,3-6H2. The lowest BCUT2D eigenvalue weighted by molar-refractivity contribution is -0.121. The minimum absolute atomic E-state index is 0.168. The quantitative estimate of drug-likeness (QED) is 0.765. The van der Waals surface area contributed by atoms with Crippen molar-refractivity contribution in [3.05, 3.63) is 22.4 Å². The van der Waals surface area contributed by atoms with Crippen molar-refractivity contribution in [2.45, 2.75) is 18.9 Å². The average Bonchev–Trinajstić information content (AvgIpc) is 2.75.